The van der Waals surface area contributed by atoms with E-state index in [1.54, 1.807) is 0 Å². The van der Waals surface area contributed by atoms with E-state index < -0.39 is 6.04 Å². The number of rotatable bonds is 11. The lowest BCUT2D eigenvalue weighted by Gasteiger charge is -2.17. The van der Waals surface area contributed by atoms with E-state index in [2.05, 4.69) is 22.9 Å². The van der Waals surface area contributed by atoms with Gasteiger partial charge in [-0.3, -0.25) is 14.4 Å². The first kappa shape index (κ1) is 19.5. The van der Waals surface area contributed by atoms with Crippen molar-refractivity contribution in [3.05, 3.63) is 0 Å². The van der Waals surface area contributed by atoms with Gasteiger partial charge in [-0.25, -0.2) is 0 Å². The molecule has 3 amide bonds. The van der Waals surface area contributed by atoms with Crippen LogP contribution in [0.15, 0.2) is 0 Å². The first-order chi connectivity index (χ1) is 10.0. The highest BCUT2D eigenvalue weighted by Crippen LogP contribution is 1.99. The summed E-state index contributed by atoms with van der Waals surface area (Å²) in [5.74, 6) is -0.572. The van der Waals surface area contributed by atoms with Crippen molar-refractivity contribution in [1.82, 2.24) is 16.0 Å². The molecule has 0 rings (SSSR count). The Hall–Kier alpha value is -1.53. The number of nitrogens with one attached hydrogen (secondary N) is 3. The fraction of sp³-hybridized carbons (Fsp3) is 0.786. The molecule has 0 radical (unpaired) electrons. The Kier molecular flexibility index (Phi) is 11.3. The molecule has 6 nitrogen and oxygen atoms in total. The maximum atomic E-state index is 12.0. The van der Waals surface area contributed by atoms with Gasteiger partial charge in [0.15, 0.2) is 5.81 Å². The fourth-order valence-corrected chi connectivity index (χ4v) is 1.79. The second kappa shape index (κ2) is 12.2. The fourth-order valence-electron chi connectivity index (χ4n) is 1.79. The lowest BCUT2D eigenvalue weighted by atomic mass is 10.1. The highest BCUT2D eigenvalue weighted by molar-refractivity contribution is 6.57. The molecule has 0 aromatic rings. The summed E-state index contributed by atoms with van der Waals surface area (Å²) in [6.07, 6.45) is 4.40. The average Bonchev–Trinajstić information content (AvgIpc) is 2.43. The highest BCUT2D eigenvalue weighted by Gasteiger charge is 2.19. The van der Waals surface area contributed by atoms with Crippen LogP contribution in [0.4, 0.5) is 4.79 Å². The maximum absolute atomic E-state index is 12.0. The van der Waals surface area contributed by atoms with E-state index in [1.165, 1.54) is 7.85 Å². The summed E-state index contributed by atoms with van der Waals surface area (Å²) in [4.78, 5) is 34.8. The third-order valence-corrected chi connectivity index (χ3v) is 3.04. The van der Waals surface area contributed by atoms with Gasteiger partial charge in [0.2, 0.25) is 19.7 Å². The molecule has 7 heteroatoms. The van der Waals surface area contributed by atoms with Gasteiger partial charge in [-0.2, -0.15) is 0 Å². The third-order valence-electron chi connectivity index (χ3n) is 3.04. The van der Waals surface area contributed by atoms with Crippen LogP contribution in [0.5, 0.6) is 0 Å². The van der Waals surface area contributed by atoms with E-state index in [4.69, 9.17) is 0 Å². The summed E-state index contributed by atoms with van der Waals surface area (Å²) in [5, 5.41) is 8.18. The third kappa shape index (κ3) is 10.9. The van der Waals surface area contributed by atoms with Crippen LogP contribution in [-0.4, -0.2) is 44.6 Å². The number of carbonyl (C=O) groups excluding carboxylic acids is 3. The van der Waals surface area contributed by atoms with E-state index >= 15 is 0 Å². The molecule has 0 aliphatic heterocycles. The van der Waals surface area contributed by atoms with Crippen LogP contribution in [0.1, 0.15) is 52.4 Å². The summed E-state index contributed by atoms with van der Waals surface area (Å²) in [6, 6.07) is -0.642. The molecule has 0 bridgehead atoms. The second-order valence-electron chi connectivity index (χ2n) is 5.14. The Morgan fingerprint density at radius 2 is 1.57 bits per heavy atom. The molecule has 1 atom stereocenters. The monoisotopic (exact) mass is 297 g/mol. The Morgan fingerprint density at radius 3 is 2.10 bits per heavy atom. The molecule has 0 spiro atoms. The smallest absolute Gasteiger partial charge is 0.242 e. The van der Waals surface area contributed by atoms with Gasteiger partial charge in [-0.15, -0.1) is 0 Å². The molecule has 0 aliphatic rings. The zero-order valence-corrected chi connectivity index (χ0v) is 13.5. The Bertz CT molecular complexity index is 337. The number of carbonyl (C=O) groups is 3. The molecule has 3 N–H and O–H groups in total. The van der Waals surface area contributed by atoms with Crippen molar-refractivity contribution in [2.75, 3.05) is 13.1 Å². The van der Waals surface area contributed by atoms with Gasteiger partial charge in [0, 0.05) is 19.5 Å². The van der Waals surface area contributed by atoms with E-state index in [0.717, 1.165) is 25.7 Å². The van der Waals surface area contributed by atoms with Crippen LogP contribution in [0, 0.1) is 0 Å². The predicted molar refractivity (Wildman–Crippen MR) is 85.9 cm³/mol. The van der Waals surface area contributed by atoms with Gasteiger partial charge >= 0.3 is 0 Å². The highest BCUT2D eigenvalue weighted by atomic mass is 16.2. The molecule has 120 valence electrons. The Labute approximate surface area is 128 Å². The predicted octanol–water partition coefficient (Wildman–Crippen LogP) is 0.310. The van der Waals surface area contributed by atoms with Crippen LogP contribution < -0.4 is 16.0 Å². The van der Waals surface area contributed by atoms with Crippen molar-refractivity contribution in [3.8, 4) is 0 Å². The van der Waals surface area contributed by atoms with E-state index in [9.17, 15) is 14.4 Å². The van der Waals surface area contributed by atoms with Crippen LogP contribution in [0.25, 0.3) is 0 Å². The van der Waals surface area contributed by atoms with E-state index in [0.29, 0.717) is 19.5 Å². The summed E-state index contributed by atoms with van der Waals surface area (Å²) < 4.78 is 0. The molecule has 21 heavy (non-hydrogen) atoms. The molecular weight excluding hydrogens is 269 g/mol. The zero-order chi connectivity index (χ0) is 16.1. The van der Waals surface area contributed by atoms with Gasteiger partial charge in [0.1, 0.15) is 6.04 Å². The zero-order valence-electron chi connectivity index (χ0n) is 13.5. The molecular formula is C14H28BN3O3. The van der Waals surface area contributed by atoms with Crippen molar-refractivity contribution >= 4 is 25.5 Å². The second-order valence-corrected chi connectivity index (χ2v) is 5.14. The molecule has 0 heterocycles. The quantitative estimate of drug-likeness (QED) is 0.379. The van der Waals surface area contributed by atoms with Gasteiger partial charge in [0.05, 0.1) is 0 Å². The van der Waals surface area contributed by atoms with Crippen LogP contribution in [0.2, 0.25) is 0 Å². The Morgan fingerprint density at radius 1 is 1.00 bits per heavy atom. The summed E-state index contributed by atoms with van der Waals surface area (Å²) >= 11 is 0. The molecule has 0 aromatic carbocycles. The van der Waals surface area contributed by atoms with Crippen LogP contribution >= 0.6 is 0 Å². The molecule has 0 fully saturated rings. The van der Waals surface area contributed by atoms with E-state index in [-0.39, 0.29) is 24.0 Å². The van der Waals surface area contributed by atoms with Gasteiger partial charge in [-0.1, -0.05) is 26.7 Å². The SMILES string of the molecule is BC(=O)NC(CCC(=O)NCCCC)C(=O)NCCCC. The summed E-state index contributed by atoms with van der Waals surface area (Å²) in [6.45, 7) is 5.34. The van der Waals surface area contributed by atoms with Gasteiger partial charge in [-0.05, 0) is 19.3 Å². The van der Waals surface area contributed by atoms with E-state index in [1.807, 2.05) is 6.92 Å². The van der Waals surface area contributed by atoms with Crippen molar-refractivity contribution < 1.29 is 14.4 Å². The van der Waals surface area contributed by atoms with Crippen LogP contribution in [-0.2, 0) is 9.59 Å². The topological polar surface area (TPSA) is 87.3 Å². The lowest BCUT2D eigenvalue weighted by Crippen LogP contribution is -2.47. The molecule has 0 saturated carbocycles. The number of amides is 3. The first-order valence-electron chi connectivity index (χ1n) is 7.82. The largest absolute Gasteiger partial charge is 0.356 e. The van der Waals surface area contributed by atoms with Crippen molar-refractivity contribution in [2.24, 2.45) is 0 Å². The molecule has 0 saturated heterocycles. The normalized spacial score (nSPS) is 11.5. The first-order valence-corrected chi connectivity index (χ1v) is 7.82. The van der Waals surface area contributed by atoms with Crippen molar-refractivity contribution in [1.29, 1.82) is 0 Å². The standard InChI is InChI=1S/C14H28BN3O3/c1-3-5-9-16-12(19)8-7-11(18-14(15)21)13(20)17-10-6-4-2/h11H,3-10,15H2,1-2H3,(H,16,19)(H,17,20)(H,18,21). The summed E-state index contributed by atoms with van der Waals surface area (Å²) in [7, 11) is 1.37. The average molecular weight is 297 g/mol. The minimum Gasteiger partial charge on any atom is -0.356 e. The molecule has 0 aromatic heterocycles. The minimum absolute atomic E-state index is 0.0832. The molecule has 1 unspecified atom stereocenters. The van der Waals surface area contributed by atoms with Gasteiger partial charge in [0.25, 0.3) is 0 Å². The molecule has 0 aliphatic carbocycles. The minimum atomic E-state index is -0.642. The number of hydrogen-bond acceptors (Lipinski definition) is 3. The number of hydrogen-bond donors (Lipinski definition) is 3. The van der Waals surface area contributed by atoms with Gasteiger partial charge < -0.3 is 16.0 Å². The number of unbranched alkanes of at least 4 members (excludes halogenated alkanes) is 2. The van der Waals surface area contributed by atoms with Crippen LogP contribution in [0.3, 0.4) is 0 Å². The van der Waals surface area contributed by atoms with Crippen molar-refractivity contribution in [2.45, 2.75) is 58.4 Å². The van der Waals surface area contributed by atoms with Crippen molar-refractivity contribution in [3.63, 3.8) is 0 Å². The maximum Gasteiger partial charge on any atom is 0.242 e. The lowest BCUT2D eigenvalue weighted by molar-refractivity contribution is -0.123. The summed E-state index contributed by atoms with van der Waals surface area (Å²) in [5.41, 5.74) is 0. The Balaban J connectivity index is 4.19.